The topological polar surface area (TPSA) is 61.3 Å². The van der Waals surface area contributed by atoms with Crippen molar-refractivity contribution < 1.29 is 18.7 Å². The maximum atomic E-state index is 13.9. The summed E-state index contributed by atoms with van der Waals surface area (Å²) in [4.78, 5) is 18.6. The van der Waals surface area contributed by atoms with Crippen molar-refractivity contribution >= 4 is 5.97 Å². The highest BCUT2D eigenvalue weighted by Crippen LogP contribution is 2.29. The molecule has 1 atom stereocenters. The van der Waals surface area contributed by atoms with E-state index in [1.54, 1.807) is 0 Å². The van der Waals surface area contributed by atoms with Gasteiger partial charge in [-0.3, -0.25) is 0 Å². The number of carbonyl (C=O) groups excluding carboxylic acids is 1. The first kappa shape index (κ1) is 10.9. The molecule has 6 heteroatoms. The van der Waals surface area contributed by atoms with E-state index in [0.29, 0.717) is 13.0 Å². The van der Waals surface area contributed by atoms with Gasteiger partial charge in [-0.25, -0.2) is 19.2 Å². The van der Waals surface area contributed by atoms with E-state index in [4.69, 9.17) is 4.74 Å². The van der Waals surface area contributed by atoms with Crippen molar-refractivity contribution in [2.24, 2.45) is 0 Å². The van der Waals surface area contributed by atoms with Crippen LogP contribution in [0.3, 0.4) is 0 Å². The SMILES string of the molecule is COC(=O)c1ncnc(C2CCCO2)c1F. The number of hydrogen-bond acceptors (Lipinski definition) is 5. The Morgan fingerprint density at radius 2 is 2.44 bits per heavy atom. The van der Waals surface area contributed by atoms with Gasteiger partial charge in [0.1, 0.15) is 18.1 Å². The summed E-state index contributed by atoms with van der Waals surface area (Å²) in [6, 6.07) is 0. The molecular formula is C10H11FN2O3. The second-order valence-corrected chi connectivity index (χ2v) is 3.41. The molecule has 0 amide bonds. The van der Waals surface area contributed by atoms with Crippen molar-refractivity contribution in [2.75, 3.05) is 13.7 Å². The molecule has 0 N–H and O–H groups in total. The maximum absolute atomic E-state index is 13.9. The highest BCUT2D eigenvalue weighted by Gasteiger charge is 2.26. The van der Waals surface area contributed by atoms with Gasteiger partial charge < -0.3 is 9.47 Å². The largest absolute Gasteiger partial charge is 0.464 e. The van der Waals surface area contributed by atoms with Crippen LogP contribution in [0.15, 0.2) is 6.33 Å². The first-order chi connectivity index (χ1) is 7.74. The minimum Gasteiger partial charge on any atom is -0.464 e. The van der Waals surface area contributed by atoms with Crippen LogP contribution in [0.25, 0.3) is 0 Å². The van der Waals surface area contributed by atoms with Gasteiger partial charge in [-0.1, -0.05) is 0 Å². The van der Waals surface area contributed by atoms with Crippen LogP contribution in [0.4, 0.5) is 4.39 Å². The van der Waals surface area contributed by atoms with E-state index >= 15 is 0 Å². The Labute approximate surface area is 91.6 Å². The number of carbonyl (C=O) groups is 1. The number of esters is 1. The Hall–Kier alpha value is -1.56. The molecule has 1 aromatic heterocycles. The number of hydrogen-bond donors (Lipinski definition) is 0. The predicted molar refractivity (Wildman–Crippen MR) is 51.3 cm³/mol. The molecule has 1 unspecified atom stereocenters. The normalized spacial score (nSPS) is 19.8. The summed E-state index contributed by atoms with van der Waals surface area (Å²) in [5, 5.41) is 0. The van der Waals surface area contributed by atoms with Gasteiger partial charge in [0.25, 0.3) is 0 Å². The van der Waals surface area contributed by atoms with E-state index in [1.165, 1.54) is 7.11 Å². The molecule has 2 rings (SSSR count). The van der Waals surface area contributed by atoms with E-state index in [1.807, 2.05) is 0 Å². The van der Waals surface area contributed by atoms with E-state index in [-0.39, 0.29) is 17.5 Å². The third-order valence-electron chi connectivity index (χ3n) is 2.43. The van der Waals surface area contributed by atoms with Gasteiger partial charge in [-0.2, -0.15) is 0 Å². The zero-order valence-electron chi connectivity index (χ0n) is 8.77. The molecule has 86 valence electrons. The standard InChI is InChI=1S/C10H11FN2O3/c1-15-10(14)9-7(11)8(12-5-13-9)6-3-2-4-16-6/h5-6H,2-4H2,1H3. The molecule has 0 radical (unpaired) electrons. The van der Waals surface area contributed by atoms with Crippen molar-refractivity contribution in [3.8, 4) is 0 Å². The number of rotatable bonds is 2. The minimum atomic E-state index is -0.806. The number of halogens is 1. The zero-order valence-corrected chi connectivity index (χ0v) is 8.77. The summed E-state index contributed by atoms with van der Waals surface area (Å²) in [6.07, 6.45) is 2.33. The smallest absolute Gasteiger partial charge is 0.359 e. The average Bonchev–Trinajstić information content (AvgIpc) is 2.82. The summed E-state index contributed by atoms with van der Waals surface area (Å²) in [5.41, 5.74) is -0.212. The fraction of sp³-hybridized carbons (Fsp3) is 0.500. The van der Waals surface area contributed by atoms with Gasteiger partial charge in [-0.05, 0) is 12.8 Å². The number of methoxy groups -OCH3 is 1. The predicted octanol–water partition coefficient (Wildman–Crippen LogP) is 1.25. The van der Waals surface area contributed by atoms with Gasteiger partial charge in [-0.15, -0.1) is 0 Å². The van der Waals surface area contributed by atoms with Crippen LogP contribution in [-0.2, 0) is 9.47 Å². The van der Waals surface area contributed by atoms with Crippen molar-refractivity contribution in [3.63, 3.8) is 0 Å². The third-order valence-corrected chi connectivity index (χ3v) is 2.43. The molecule has 1 aliphatic heterocycles. The monoisotopic (exact) mass is 226 g/mol. The first-order valence-electron chi connectivity index (χ1n) is 4.94. The summed E-state index contributed by atoms with van der Waals surface area (Å²) in [5.74, 6) is -1.56. The highest BCUT2D eigenvalue weighted by molar-refractivity contribution is 5.87. The first-order valence-corrected chi connectivity index (χ1v) is 4.94. The average molecular weight is 226 g/mol. The van der Waals surface area contributed by atoms with Crippen LogP contribution in [-0.4, -0.2) is 29.7 Å². The van der Waals surface area contributed by atoms with Crippen molar-refractivity contribution in [1.82, 2.24) is 9.97 Å². The molecule has 1 aliphatic rings. The lowest BCUT2D eigenvalue weighted by Gasteiger charge is -2.10. The Balaban J connectivity index is 2.35. The van der Waals surface area contributed by atoms with Crippen molar-refractivity contribution in [3.05, 3.63) is 23.5 Å². The van der Waals surface area contributed by atoms with Gasteiger partial charge in [0.05, 0.1) is 7.11 Å². The van der Waals surface area contributed by atoms with Gasteiger partial charge in [0.2, 0.25) is 0 Å². The van der Waals surface area contributed by atoms with E-state index < -0.39 is 11.8 Å². The lowest BCUT2D eigenvalue weighted by molar-refractivity contribution is 0.0584. The molecule has 0 aliphatic carbocycles. The summed E-state index contributed by atoms with van der Waals surface area (Å²) in [6.45, 7) is 0.585. The second kappa shape index (κ2) is 4.52. The molecule has 1 fully saturated rings. The number of ether oxygens (including phenoxy) is 2. The van der Waals surface area contributed by atoms with Crippen LogP contribution in [0.5, 0.6) is 0 Å². The van der Waals surface area contributed by atoms with Crippen LogP contribution in [0.2, 0.25) is 0 Å². The lowest BCUT2D eigenvalue weighted by Crippen LogP contribution is -2.13. The van der Waals surface area contributed by atoms with Gasteiger partial charge in [0, 0.05) is 6.61 Å². The Morgan fingerprint density at radius 3 is 3.06 bits per heavy atom. The molecule has 5 nitrogen and oxygen atoms in total. The molecule has 0 aromatic carbocycles. The fourth-order valence-corrected chi connectivity index (χ4v) is 1.64. The van der Waals surface area contributed by atoms with E-state index in [2.05, 4.69) is 14.7 Å². The van der Waals surface area contributed by atoms with Crippen LogP contribution >= 0.6 is 0 Å². The lowest BCUT2D eigenvalue weighted by atomic mass is 10.1. The summed E-state index contributed by atoms with van der Waals surface area (Å²) in [7, 11) is 1.18. The van der Waals surface area contributed by atoms with Crippen molar-refractivity contribution in [1.29, 1.82) is 0 Å². The Kier molecular flexibility index (Phi) is 3.09. The van der Waals surface area contributed by atoms with E-state index in [9.17, 15) is 9.18 Å². The number of aromatic nitrogens is 2. The zero-order chi connectivity index (χ0) is 11.5. The summed E-state index contributed by atoms with van der Waals surface area (Å²) >= 11 is 0. The molecule has 0 spiro atoms. The molecular weight excluding hydrogens is 215 g/mol. The van der Waals surface area contributed by atoms with Crippen molar-refractivity contribution in [2.45, 2.75) is 18.9 Å². The molecule has 1 aromatic rings. The highest BCUT2D eigenvalue weighted by atomic mass is 19.1. The molecule has 1 saturated heterocycles. The Morgan fingerprint density at radius 1 is 1.62 bits per heavy atom. The molecule has 0 saturated carbocycles. The van der Waals surface area contributed by atoms with Gasteiger partial charge in [0.15, 0.2) is 11.5 Å². The summed E-state index contributed by atoms with van der Waals surface area (Å²) < 4.78 is 23.6. The Bertz CT molecular complexity index is 405. The molecule has 2 heterocycles. The second-order valence-electron chi connectivity index (χ2n) is 3.41. The quantitative estimate of drug-likeness (QED) is 0.710. The van der Waals surface area contributed by atoms with Crippen LogP contribution in [0, 0.1) is 5.82 Å². The van der Waals surface area contributed by atoms with Gasteiger partial charge >= 0.3 is 5.97 Å². The molecule has 16 heavy (non-hydrogen) atoms. The maximum Gasteiger partial charge on any atom is 0.359 e. The number of nitrogens with zero attached hydrogens (tertiary/aromatic N) is 2. The van der Waals surface area contributed by atoms with Crippen LogP contribution < -0.4 is 0 Å². The third kappa shape index (κ3) is 1.88. The fourth-order valence-electron chi connectivity index (χ4n) is 1.64. The minimum absolute atomic E-state index is 0.132. The van der Waals surface area contributed by atoms with Crippen LogP contribution in [0.1, 0.15) is 35.1 Å². The molecule has 0 bridgehead atoms. The van der Waals surface area contributed by atoms with E-state index in [0.717, 1.165) is 12.7 Å².